The van der Waals surface area contributed by atoms with Crippen LogP contribution in [0.3, 0.4) is 0 Å². The molecule has 0 saturated heterocycles. The molecule has 0 heterocycles. The molecule has 0 aromatic heterocycles. The summed E-state index contributed by atoms with van der Waals surface area (Å²) in [6.45, 7) is 2.90. The Labute approximate surface area is 183 Å². The van der Waals surface area contributed by atoms with Gasteiger partial charge in [0.15, 0.2) is 12.7 Å². The third kappa shape index (κ3) is 7.77. The lowest BCUT2D eigenvalue weighted by atomic mass is 10.1. The van der Waals surface area contributed by atoms with E-state index < -0.39 is 36.3 Å². The Morgan fingerprint density at radius 3 is 2.38 bits per heavy atom. The molecule has 0 saturated carbocycles. The summed E-state index contributed by atoms with van der Waals surface area (Å²) in [6, 6.07) is 9.66. The fourth-order valence-corrected chi connectivity index (χ4v) is 2.47. The molecule has 10 heteroatoms. The summed E-state index contributed by atoms with van der Waals surface area (Å²) < 4.78 is 59.6. The molecule has 1 atom stereocenters. The quantitative estimate of drug-likeness (QED) is 0.431. The molecular weight excluding hydrogens is 431 g/mol. The van der Waals surface area contributed by atoms with E-state index in [1.165, 1.54) is 14.0 Å². The fourth-order valence-electron chi connectivity index (χ4n) is 2.47. The summed E-state index contributed by atoms with van der Waals surface area (Å²) in [5.74, 6) is -1.17. The van der Waals surface area contributed by atoms with Gasteiger partial charge in [0.25, 0.3) is 5.91 Å². The molecule has 0 radical (unpaired) electrons. The number of amides is 1. The minimum Gasteiger partial charge on any atom is -0.489 e. The molecule has 0 aliphatic rings. The van der Waals surface area contributed by atoms with E-state index in [9.17, 15) is 22.8 Å². The van der Waals surface area contributed by atoms with Gasteiger partial charge >= 0.3 is 12.1 Å². The van der Waals surface area contributed by atoms with Crippen LogP contribution in [0, 0.1) is 6.92 Å². The first-order valence-electron chi connectivity index (χ1n) is 9.63. The van der Waals surface area contributed by atoms with Crippen LogP contribution >= 0.6 is 0 Å². The maximum Gasteiger partial charge on any atom is 0.416 e. The number of aryl methyl sites for hydroxylation is 1. The Bertz CT molecular complexity index is 915. The molecule has 174 valence electrons. The number of carbonyl (C=O) groups is 2. The summed E-state index contributed by atoms with van der Waals surface area (Å²) in [4.78, 5) is 24.3. The standard InChI is InChI=1S/C22H24F3NO6/c1-14-4-7-17(8-5-14)32-15(2)21(28)31-13-20(27)26-18-12-16(22(23,24)25)6-9-19(18)30-11-10-29-3/h4-9,12,15H,10-11,13H2,1-3H3,(H,26,27). The normalized spacial score (nSPS) is 12.1. The van der Waals surface area contributed by atoms with Gasteiger partial charge in [0.2, 0.25) is 0 Å². The highest BCUT2D eigenvalue weighted by Gasteiger charge is 2.31. The van der Waals surface area contributed by atoms with Crippen molar-refractivity contribution in [2.45, 2.75) is 26.1 Å². The van der Waals surface area contributed by atoms with Crippen LogP contribution in [-0.4, -0.2) is 44.9 Å². The van der Waals surface area contributed by atoms with Crippen molar-refractivity contribution in [3.05, 3.63) is 53.6 Å². The maximum atomic E-state index is 13.0. The number of anilines is 1. The number of rotatable bonds is 10. The van der Waals surface area contributed by atoms with Gasteiger partial charge < -0.3 is 24.3 Å². The molecule has 1 N–H and O–H groups in total. The van der Waals surface area contributed by atoms with Gasteiger partial charge in [0.05, 0.1) is 17.9 Å². The molecule has 1 unspecified atom stereocenters. The minimum atomic E-state index is -4.61. The maximum absolute atomic E-state index is 13.0. The van der Waals surface area contributed by atoms with E-state index in [4.69, 9.17) is 18.9 Å². The van der Waals surface area contributed by atoms with E-state index in [-0.39, 0.29) is 24.7 Å². The second-order valence-corrected chi connectivity index (χ2v) is 6.78. The van der Waals surface area contributed by atoms with Gasteiger partial charge in [-0.1, -0.05) is 17.7 Å². The predicted octanol–water partition coefficient (Wildman–Crippen LogP) is 3.99. The number of esters is 1. The Morgan fingerprint density at radius 2 is 1.75 bits per heavy atom. The highest BCUT2D eigenvalue weighted by molar-refractivity contribution is 5.94. The minimum absolute atomic E-state index is 0.0193. The first-order chi connectivity index (χ1) is 15.1. The van der Waals surface area contributed by atoms with Gasteiger partial charge in [-0.05, 0) is 44.2 Å². The second kappa shape index (κ2) is 11.4. The lowest BCUT2D eigenvalue weighted by Gasteiger charge is -2.16. The molecule has 0 aliphatic carbocycles. The van der Waals surface area contributed by atoms with Crippen LogP contribution in [0.4, 0.5) is 18.9 Å². The number of halogens is 3. The van der Waals surface area contributed by atoms with Crippen LogP contribution in [0.2, 0.25) is 0 Å². The average molecular weight is 455 g/mol. The summed E-state index contributed by atoms with van der Waals surface area (Å²) in [6.07, 6.45) is -5.60. The molecule has 32 heavy (non-hydrogen) atoms. The number of alkyl halides is 3. The summed E-state index contributed by atoms with van der Waals surface area (Å²) in [7, 11) is 1.44. The number of hydrogen-bond donors (Lipinski definition) is 1. The van der Waals surface area contributed by atoms with Crippen LogP contribution in [0.15, 0.2) is 42.5 Å². The van der Waals surface area contributed by atoms with Gasteiger partial charge in [0.1, 0.15) is 18.1 Å². The molecule has 2 aromatic carbocycles. The number of methoxy groups -OCH3 is 1. The van der Waals surface area contributed by atoms with Gasteiger partial charge in [-0.15, -0.1) is 0 Å². The topological polar surface area (TPSA) is 83.1 Å². The second-order valence-electron chi connectivity index (χ2n) is 6.78. The van der Waals surface area contributed by atoms with Crippen molar-refractivity contribution in [1.29, 1.82) is 0 Å². The van der Waals surface area contributed by atoms with E-state index in [0.717, 1.165) is 23.8 Å². The number of carbonyl (C=O) groups excluding carboxylic acids is 2. The first kappa shape index (κ1) is 25.0. The molecule has 0 bridgehead atoms. The summed E-state index contributed by atoms with van der Waals surface area (Å²) >= 11 is 0. The van der Waals surface area contributed by atoms with Crippen LogP contribution in [-0.2, 0) is 25.2 Å². The van der Waals surface area contributed by atoms with Gasteiger partial charge in [0, 0.05) is 7.11 Å². The number of hydrogen-bond acceptors (Lipinski definition) is 6. The third-order valence-electron chi connectivity index (χ3n) is 4.14. The van der Waals surface area contributed by atoms with Crippen molar-refractivity contribution in [1.82, 2.24) is 0 Å². The Kier molecular flexibility index (Phi) is 8.89. The lowest BCUT2D eigenvalue weighted by Crippen LogP contribution is -2.30. The third-order valence-corrected chi connectivity index (χ3v) is 4.14. The van der Waals surface area contributed by atoms with E-state index in [0.29, 0.717) is 5.75 Å². The fraction of sp³-hybridized carbons (Fsp3) is 0.364. The van der Waals surface area contributed by atoms with Crippen LogP contribution < -0.4 is 14.8 Å². The van der Waals surface area contributed by atoms with Crippen LogP contribution in [0.25, 0.3) is 0 Å². The van der Waals surface area contributed by atoms with E-state index in [2.05, 4.69) is 5.32 Å². The first-order valence-corrected chi connectivity index (χ1v) is 9.63. The SMILES string of the molecule is COCCOc1ccc(C(F)(F)F)cc1NC(=O)COC(=O)C(C)Oc1ccc(C)cc1. The summed E-state index contributed by atoms with van der Waals surface area (Å²) in [5, 5.41) is 2.28. The van der Waals surface area contributed by atoms with E-state index >= 15 is 0 Å². The molecule has 0 aliphatic heterocycles. The zero-order chi connectivity index (χ0) is 23.7. The van der Waals surface area contributed by atoms with Crippen molar-refractivity contribution in [2.75, 3.05) is 32.2 Å². The molecule has 2 rings (SSSR count). The smallest absolute Gasteiger partial charge is 0.416 e. The Balaban J connectivity index is 1.97. The molecule has 7 nitrogen and oxygen atoms in total. The van der Waals surface area contributed by atoms with Gasteiger partial charge in [-0.2, -0.15) is 13.2 Å². The Morgan fingerprint density at radius 1 is 1.06 bits per heavy atom. The lowest BCUT2D eigenvalue weighted by molar-refractivity contribution is -0.153. The van der Waals surface area contributed by atoms with Gasteiger partial charge in [-0.25, -0.2) is 4.79 Å². The molecule has 1 amide bonds. The van der Waals surface area contributed by atoms with Crippen LogP contribution in [0.5, 0.6) is 11.5 Å². The number of benzene rings is 2. The Hall–Kier alpha value is -3.27. The average Bonchev–Trinajstić information content (AvgIpc) is 2.74. The predicted molar refractivity (Wildman–Crippen MR) is 110 cm³/mol. The van der Waals surface area contributed by atoms with E-state index in [1.807, 2.05) is 19.1 Å². The highest BCUT2D eigenvalue weighted by atomic mass is 19.4. The molecule has 0 fully saturated rings. The van der Waals surface area contributed by atoms with Crippen LogP contribution in [0.1, 0.15) is 18.1 Å². The largest absolute Gasteiger partial charge is 0.489 e. The molecule has 2 aromatic rings. The zero-order valence-corrected chi connectivity index (χ0v) is 17.8. The number of ether oxygens (including phenoxy) is 4. The number of nitrogens with one attached hydrogen (secondary N) is 1. The molecular formula is C22H24F3NO6. The molecule has 0 spiro atoms. The highest BCUT2D eigenvalue weighted by Crippen LogP contribution is 2.35. The van der Waals surface area contributed by atoms with Gasteiger partial charge in [-0.3, -0.25) is 4.79 Å². The van der Waals surface area contributed by atoms with Crippen molar-refractivity contribution in [3.63, 3.8) is 0 Å². The van der Waals surface area contributed by atoms with Crippen molar-refractivity contribution >= 4 is 17.6 Å². The van der Waals surface area contributed by atoms with Crippen molar-refractivity contribution in [3.8, 4) is 11.5 Å². The van der Waals surface area contributed by atoms with Crippen molar-refractivity contribution in [2.24, 2.45) is 0 Å². The van der Waals surface area contributed by atoms with E-state index in [1.54, 1.807) is 12.1 Å². The zero-order valence-electron chi connectivity index (χ0n) is 17.8. The monoisotopic (exact) mass is 455 g/mol. The summed E-state index contributed by atoms with van der Waals surface area (Å²) in [5.41, 5.74) is -0.158. The van der Waals surface area contributed by atoms with Crippen molar-refractivity contribution < 1.29 is 41.7 Å².